The first-order valence-corrected chi connectivity index (χ1v) is 13.9. The van der Waals surface area contributed by atoms with Gasteiger partial charge in [0.15, 0.2) is 0 Å². The van der Waals surface area contributed by atoms with Crippen molar-refractivity contribution in [2.45, 2.75) is 110 Å². The minimum Gasteiger partial charge on any atom is -0.432 e. The van der Waals surface area contributed by atoms with Crippen molar-refractivity contribution in [3.63, 3.8) is 0 Å². The largest absolute Gasteiger partial charge is 0.432 e. The van der Waals surface area contributed by atoms with Crippen LogP contribution in [-0.4, -0.2) is 25.8 Å². The summed E-state index contributed by atoms with van der Waals surface area (Å²) in [6.45, 7) is 19.4. The molecule has 0 saturated heterocycles. The van der Waals surface area contributed by atoms with Gasteiger partial charge in [0.05, 0.1) is 13.2 Å². The van der Waals surface area contributed by atoms with Gasteiger partial charge in [-0.25, -0.2) is 0 Å². The topological polar surface area (TPSA) is 29.5 Å². The maximum Gasteiger partial charge on any atom is 0.330 e. The van der Waals surface area contributed by atoms with E-state index in [1.54, 1.807) is 7.48 Å². The number of unbranched alkanes of at least 4 members (excludes halogenated alkanes) is 3. The molecule has 2 aromatic carbocycles. The summed E-state index contributed by atoms with van der Waals surface area (Å²) in [6.07, 6.45) is 7.67. The Labute approximate surface area is 216 Å². The van der Waals surface area contributed by atoms with Crippen molar-refractivity contribution in [2.24, 2.45) is 5.92 Å². The Morgan fingerprint density at radius 2 is 1.71 bits per heavy atom. The second-order valence-electron chi connectivity index (χ2n) is 11.9. The normalized spacial score (nSPS) is 22.6. The van der Waals surface area contributed by atoms with E-state index in [0.717, 1.165) is 11.9 Å². The molecular formula is C32H48BO2. The van der Waals surface area contributed by atoms with Gasteiger partial charge in [0.2, 0.25) is 0 Å². The zero-order valence-corrected chi connectivity index (χ0v) is 23.6. The van der Waals surface area contributed by atoms with E-state index in [-0.39, 0.29) is 22.9 Å². The van der Waals surface area contributed by atoms with Gasteiger partial charge in [-0.15, -0.1) is 0 Å². The van der Waals surface area contributed by atoms with Gasteiger partial charge in [-0.1, -0.05) is 116 Å². The zero-order valence-electron chi connectivity index (χ0n) is 23.6. The van der Waals surface area contributed by atoms with Crippen molar-refractivity contribution >= 4 is 12.9 Å². The molecule has 2 aromatic rings. The van der Waals surface area contributed by atoms with E-state index < -0.39 is 0 Å². The van der Waals surface area contributed by atoms with E-state index in [0.29, 0.717) is 12.5 Å². The average molecular weight is 476 g/mol. The summed E-state index contributed by atoms with van der Waals surface area (Å²) in [4.78, 5) is 0. The Balaban J connectivity index is 2.08. The van der Waals surface area contributed by atoms with Crippen molar-refractivity contribution < 1.29 is 9.76 Å². The molecule has 0 bridgehead atoms. The molecule has 0 saturated carbocycles. The Morgan fingerprint density at radius 3 is 2.37 bits per heavy atom. The molecule has 1 aliphatic rings. The molecule has 35 heavy (non-hydrogen) atoms. The highest BCUT2D eigenvalue weighted by molar-refractivity contribution is 6.46. The van der Waals surface area contributed by atoms with Crippen LogP contribution in [0.2, 0.25) is 0 Å². The van der Waals surface area contributed by atoms with Crippen molar-refractivity contribution in [3.8, 4) is 0 Å². The van der Waals surface area contributed by atoms with E-state index >= 15 is 0 Å². The number of rotatable bonds is 12. The summed E-state index contributed by atoms with van der Waals surface area (Å²) in [7, 11) is 1.79. The standard InChI is InChI=1S/C32H48BO2/c1-9-11-12-13-18-31(7,10-2)25-15-14-23(3)28(21-25)32(8)24(4)30(5,6)27-17-16-26(22-29(27)32)33-35-20-19-34/h14-17,21-22,24,34H,9-13,18-20H2,1-8H3. The summed E-state index contributed by atoms with van der Waals surface area (Å²) in [5.74, 6) is 0.449. The summed E-state index contributed by atoms with van der Waals surface area (Å²) >= 11 is 0. The van der Waals surface area contributed by atoms with E-state index in [4.69, 9.17) is 9.76 Å². The highest BCUT2D eigenvalue weighted by atomic mass is 16.4. The van der Waals surface area contributed by atoms with Crippen LogP contribution in [0, 0.1) is 12.8 Å². The molecule has 0 spiro atoms. The van der Waals surface area contributed by atoms with Gasteiger partial charge in [-0.05, 0) is 64.3 Å². The molecule has 3 rings (SSSR count). The Bertz CT molecular complexity index is 997. The Morgan fingerprint density at radius 1 is 0.971 bits per heavy atom. The lowest BCUT2D eigenvalue weighted by atomic mass is 9.64. The maximum absolute atomic E-state index is 9.11. The summed E-state index contributed by atoms with van der Waals surface area (Å²) in [5.41, 5.74) is 8.45. The summed E-state index contributed by atoms with van der Waals surface area (Å²) < 4.78 is 5.56. The molecule has 0 aliphatic heterocycles. The lowest BCUT2D eigenvalue weighted by Gasteiger charge is -2.39. The second-order valence-corrected chi connectivity index (χ2v) is 11.9. The molecule has 191 valence electrons. The van der Waals surface area contributed by atoms with Gasteiger partial charge >= 0.3 is 7.48 Å². The smallest absolute Gasteiger partial charge is 0.330 e. The van der Waals surface area contributed by atoms with Crippen LogP contribution in [-0.2, 0) is 20.9 Å². The average Bonchev–Trinajstić information content (AvgIpc) is 3.00. The molecule has 1 aliphatic carbocycles. The number of hydrogen-bond donors (Lipinski definition) is 1. The van der Waals surface area contributed by atoms with Crippen LogP contribution in [0.5, 0.6) is 0 Å². The fraction of sp³-hybridized carbons (Fsp3) is 0.625. The molecule has 3 atom stereocenters. The van der Waals surface area contributed by atoms with E-state index in [9.17, 15) is 0 Å². The molecule has 0 heterocycles. The molecule has 1 radical (unpaired) electrons. The number of aliphatic hydroxyl groups is 1. The van der Waals surface area contributed by atoms with E-state index in [1.165, 1.54) is 59.9 Å². The van der Waals surface area contributed by atoms with Crippen LogP contribution in [0.15, 0.2) is 36.4 Å². The number of aryl methyl sites for hydroxylation is 1. The summed E-state index contributed by atoms with van der Waals surface area (Å²) in [5, 5.41) is 9.11. The van der Waals surface area contributed by atoms with Crippen LogP contribution in [0.3, 0.4) is 0 Å². The molecule has 1 N–H and O–H groups in total. The predicted octanol–water partition coefficient (Wildman–Crippen LogP) is 7.12. The fourth-order valence-corrected chi connectivity index (χ4v) is 6.43. The molecule has 0 amide bonds. The third-order valence-electron chi connectivity index (χ3n) is 9.53. The fourth-order valence-electron chi connectivity index (χ4n) is 6.43. The van der Waals surface area contributed by atoms with Crippen molar-refractivity contribution in [3.05, 3.63) is 64.2 Å². The van der Waals surface area contributed by atoms with Gasteiger partial charge in [-0.2, -0.15) is 0 Å². The van der Waals surface area contributed by atoms with Crippen molar-refractivity contribution in [2.75, 3.05) is 13.2 Å². The highest BCUT2D eigenvalue weighted by Crippen LogP contribution is 2.57. The Hall–Kier alpha value is -1.58. The van der Waals surface area contributed by atoms with Crippen LogP contribution in [0.25, 0.3) is 0 Å². The highest BCUT2D eigenvalue weighted by Gasteiger charge is 2.52. The van der Waals surface area contributed by atoms with Gasteiger partial charge in [0, 0.05) is 5.41 Å². The predicted molar refractivity (Wildman–Crippen MR) is 151 cm³/mol. The molecular weight excluding hydrogens is 427 g/mol. The third kappa shape index (κ3) is 5.28. The number of fused-ring (bicyclic) bond motifs is 1. The van der Waals surface area contributed by atoms with Crippen LogP contribution < -0.4 is 5.46 Å². The molecule has 3 unspecified atom stereocenters. The quantitative estimate of drug-likeness (QED) is 0.262. The SMILES string of the molecule is CCCCCCC(C)(CC)c1ccc(C)c(C2(C)c3cc([B]OCCO)ccc3C(C)(C)C2C)c1. The van der Waals surface area contributed by atoms with Crippen LogP contribution in [0.1, 0.15) is 115 Å². The lowest BCUT2D eigenvalue weighted by Crippen LogP contribution is -2.36. The molecule has 2 nitrogen and oxygen atoms in total. The molecule has 3 heteroatoms. The van der Waals surface area contributed by atoms with Crippen LogP contribution in [0.4, 0.5) is 0 Å². The molecule has 0 fully saturated rings. The first-order chi connectivity index (χ1) is 16.6. The zero-order chi connectivity index (χ0) is 25.9. The van der Waals surface area contributed by atoms with E-state index in [1.807, 2.05) is 0 Å². The van der Waals surface area contributed by atoms with Crippen LogP contribution >= 0.6 is 0 Å². The Kier molecular flexibility index (Phi) is 8.98. The minimum absolute atomic E-state index is 0.0316. The van der Waals surface area contributed by atoms with E-state index in [2.05, 4.69) is 91.8 Å². The number of benzene rings is 2. The van der Waals surface area contributed by atoms with Crippen molar-refractivity contribution in [1.82, 2.24) is 0 Å². The second kappa shape index (κ2) is 11.2. The summed E-state index contributed by atoms with van der Waals surface area (Å²) in [6, 6.07) is 14.1. The van der Waals surface area contributed by atoms with Crippen molar-refractivity contribution in [1.29, 1.82) is 0 Å². The third-order valence-corrected chi connectivity index (χ3v) is 9.53. The molecule has 0 aromatic heterocycles. The van der Waals surface area contributed by atoms with Gasteiger partial charge in [0.25, 0.3) is 0 Å². The van der Waals surface area contributed by atoms with Gasteiger partial charge in [-0.3, -0.25) is 0 Å². The first-order valence-electron chi connectivity index (χ1n) is 13.9. The minimum atomic E-state index is -0.0867. The first kappa shape index (κ1) is 28.0. The number of aliphatic hydroxyl groups excluding tert-OH is 1. The lowest BCUT2D eigenvalue weighted by molar-refractivity contribution is 0.209. The maximum atomic E-state index is 9.11. The van der Waals surface area contributed by atoms with Gasteiger partial charge < -0.3 is 9.76 Å². The van der Waals surface area contributed by atoms with Gasteiger partial charge in [0.1, 0.15) is 0 Å². The number of hydrogen-bond acceptors (Lipinski definition) is 2. The monoisotopic (exact) mass is 475 g/mol.